The summed E-state index contributed by atoms with van der Waals surface area (Å²) in [6.45, 7) is 9.30. The maximum Gasteiger partial charge on any atom is 0.235 e. The van der Waals surface area contributed by atoms with Gasteiger partial charge in [-0.1, -0.05) is 27.7 Å². The minimum Gasteiger partial charge on any atom is -0.476 e. The van der Waals surface area contributed by atoms with E-state index in [2.05, 4.69) is 25.9 Å². The van der Waals surface area contributed by atoms with E-state index in [-0.39, 0.29) is 5.41 Å². The van der Waals surface area contributed by atoms with Crippen LogP contribution in [-0.4, -0.2) is 16.4 Å². The molecule has 0 aromatic carbocycles. The summed E-state index contributed by atoms with van der Waals surface area (Å²) < 4.78 is 7.42. The molecule has 1 aromatic rings. The lowest BCUT2D eigenvalue weighted by Gasteiger charge is -2.18. The maximum absolute atomic E-state index is 5.96. The molecule has 0 unspecified atom stereocenters. The highest BCUT2D eigenvalue weighted by atomic mass is 16.5. The molecule has 16 heavy (non-hydrogen) atoms. The molecular weight excluding hydrogens is 202 g/mol. The van der Waals surface area contributed by atoms with Gasteiger partial charge in [-0.25, -0.2) is 4.68 Å². The molecule has 0 aliphatic heterocycles. The standard InChI is InChI=1S/C12H23N3O/c1-6-9-10(13)11(15(5)14-9)16-8-7-12(2,3)4/h6-8,13H2,1-5H3. The van der Waals surface area contributed by atoms with Gasteiger partial charge < -0.3 is 10.5 Å². The molecule has 0 aliphatic carbocycles. The molecule has 0 saturated carbocycles. The Kier molecular flexibility index (Phi) is 3.83. The molecule has 1 rings (SSSR count). The van der Waals surface area contributed by atoms with Crippen LogP contribution in [0.4, 0.5) is 5.69 Å². The van der Waals surface area contributed by atoms with Crippen LogP contribution in [0.5, 0.6) is 5.88 Å². The summed E-state index contributed by atoms with van der Waals surface area (Å²) in [5.41, 5.74) is 7.82. The van der Waals surface area contributed by atoms with Gasteiger partial charge in [-0.2, -0.15) is 5.10 Å². The fourth-order valence-electron chi connectivity index (χ4n) is 1.46. The number of aryl methyl sites for hydroxylation is 2. The Morgan fingerprint density at radius 2 is 2.00 bits per heavy atom. The molecule has 0 radical (unpaired) electrons. The van der Waals surface area contributed by atoms with Crippen molar-refractivity contribution in [2.75, 3.05) is 12.3 Å². The zero-order chi connectivity index (χ0) is 12.3. The van der Waals surface area contributed by atoms with Gasteiger partial charge in [-0.05, 0) is 18.3 Å². The molecule has 1 heterocycles. The minimum absolute atomic E-state index is 0.279. The van der Waals surface area contributed by atoms with E-state index in [1.807, 2.05) is 14.0 Å². The van der Waals surface area contributed by atoms with Gasteiger partial charge in [0.25, 0.3) is 0 Å². The van der Waals surface area contributed by atoms with Crippen molar-refractivity contribution in [3.63, 3.8) is 0 Å². The fraction of sp³-hybridized carbons (Fsp3) is 0.750. The number of aromatic nitrogens is 2. The van der Waals surface area contributed by atoms with Crippen molar-refractivity contribution >= 4 is 5.69 Å². The molecule has 0 fully saturated rings. The second-order valence-electron chi connectivity index (χ2n) is 5.30. The Morgan fingerprint density at radius 3 is 2.44 bits per heavy atom. The molecular formula is C12H23N3O. The van der Waals surface area contributed by atoms with Crippen LogP contribution < -0.4 is 10.5 Å². The lowest BCUT2D eigenvalue weighted by Crippen LogP contribution is -2.12. The van der Waals surface area contributed by atoms with Crippen LogP contribution in [0.3, 0.4) is 0 Å². The molecule has 4 nitrogen and oxygen atoms in total. The molecule has 1 aromatic heterocycles. The highest BCUT2D eigenvalue weighted by Gasteiger charge is 2.15. The first-order chi connectivity index (χ1) is 7.35. The second kappa shape index (κ2) is 4.76. The molecule has 0 spiro atoms. The first-order valence-corrected chi connectivity index (χ1v) is 5.79. The normalized spacial score (nSPS) is 11.8. The van der Waals surface area contributed by atoms with Crippen molar-refractivity contribution in [2.24, 2.45) is 12.5 Å². The molecule has 0 aliphatic rings. The quantitative estimate of drug-likeness (QED) is 0.856. The predicted molar refractivity (Wildman–Crippen MR) is 66.6 cm³/mol. The Balaban J connectivity index is 2.64. The third-order valence-corrected chi connectivity index (χ3v) is 2.53. The molecule has 0 saturated heterocycles. The lowest BCUT2D eigenvalue weighted by atomic mass is 9.93. The first kappa shape index (κ1) is 12.9. The Hall–Kier alpha value is -1.19. The van der Waals surface area contributed by atoms with E-state index >= 15 is 0 Å². The maximum atomic E-state index is 5.96. The van der Waals surface area contributed by atoms with Crippen LogP contribution >= 0.6 is 0 Å². The van der Waals surface area contributed by atoms with Gasteiger partial charge in [0.05, 0.1) is 12.3 Å². The monoisotopic (exact) mass is 225 g/mol. The Morgan fingerprint density at radius 1 is 1.38 bits per heavy atom. The molecule has 0 amide bonds. The number of anilines is 1. The summed E-state index contributed by atoms with van der Waals surface area (Å²) in [6.07, 6.45) is 1.83. The van der Waals surface area contributed by atoms with E-state index in [0.29, 0.717) is 18.2 Å². The van der Waals surface area contributed by atoms with E-state index in [0.717, 1.165) is 18.5 Å². The van der Waals surface area contributed by atoms with Gasteiger partial charge in [-0.3, -0.25) is 0 Å². The highest BCUT2D eigenvalue weighted by molar-refractivity contribution is 5.53. The van der Waals surface area contributed by atoms with E-state index in [9.17, 15) is 0 Å². The number of nitrogens with two attached hydrogens (primary N) is 1. The Bertz CT molecular complexity index is 350. The average Bonchev–Trinajstić information content (AvgIpc) is 2.42. The van der Waals surface area contributed by atoms with Crippen molar-refractivity contribution in [1.82, 2.24) is 9.78 Å². The molecule has 92 valence electrons. The SMILES string of the molecule is CCc1nn(C)c(OCCC(C)(C)C)c1N. The summed E-state index contributed by atoms with van der Waals surface area (Å²) in [4.78, 5) is 0. The summed E-state index contributed by atoms with van der Waals surface area (Å²) in [7, 11) is 1.86. The van der Waals surface area contributed by atoms with Gasteiger partial charge in [0.1, 0.15) is 5.69 Å². The van der Waals surface area contributed by atoms with Gasteiger partial charge in [0.2, 0.25) is 5.88 Å². The molecule has 4 heteroatoms. The minimum atomic E-state index is 0.279. The third-order valence-electron chi connectivity index (χ3n) is 2.53. The van der Waals surface area contributed by atoms with Crippen molar-refractivity contribution in [2.45, 2.75) is 40.5 Å². The Labute approximate surface area is 97.8 Å². The largest absolute Gasteiger partial charge is 0.476 e. The fourth-order valence-corrected chi connectivity index (χ4v) is 1.46. The summed E-state index contributed by atoms with van der Waals surface area (Å²) in [5, 5.41) is 4.31. The van der Waals surface area contributed by atoms with Crippen molar-refractivity contribution < 1.29 is 4.74 Å². The molecule has 0 bridgehead atoms. The van der Waals surface area contributed by atoms with Crippen molar-refractivity contribution in [1.29, 1.82) is 0 Å². The lowest BCUT2D eigenvalue weighted by molar-refractivity contribution is 0.229. The van der Waals surface area contributed by atoms with Gasteiger partial charge in [0, 0.05) is 7.05 Å². The number of hydrogen-bond acceptors (Lipinski definition) is 3. The second-order valence-corrected chi connectivity index (χ2v) is 5.30. The highest BCUT2D eigenvalue weighted by Crippen LogP contribution is 2.26. The van der Waals surface area contributed by atoms with Crippen LogP contribution in [0.15, 0.2) is 0 Å². The smallest absolute Gasteiger partial charge is 0.235 e. The van der Waals surface area contributed by atoms with Crippen molar-refractivity contribution in [3.8, 4) is 5.88 Å². The summed E-state index contributed by atoms with van der Waals surface area (Å²) >= 11 is 0. The van der Waals surface area contributed by atoms with Gasteiger partial charge in [0.15, 0.2) is 0 Å². The summed E-state index contributed by atoms with van der Waals surface area (Å²) in [6, 6.07) is 0. The van der Waals surface area contributed by atoms with Gasteiger partial charge in [-0.15, -0.1) is 0 Å². The van der Waals surface area contributed by atoms with Crippen LogP contribution in [0.2, 0.25) is 0 Å². The van der Waals surface area contributed by atoms with Crippen LogP contribution in [0.25, 0.3) is 0 Å². The van der Waals surface area contributed by atoms with E-state index in [1.54, 1.807) is 4.68 Å². The van der Waals surface area contributed by atoms with Crippen molar-refractivity contribution in [3.05, 3.63) is 5.69 Å². The topological polar surface area (TPSA) is 53.1 Å². The third kappa shape index (κ3) is 3.15. The van der Waals surface area contributed by atoms with Crippen LogP contribution in [0.1, 0.15) is 39.8 Å². The molecule has 2 N–H and O–H groups in total. The predicted octanol–water partition coefficient (Wildman–Crippen LogP) is 2.38. The average molecular weight is 225 g/mol. The zero-order valence-electron chi connectivity index (χ0n) is 11.0. The van der Waals surface area contributed by atoms with E-state index < -0.39 is 0 Å². The number of nitrogen functional groups attached to an aromatic ring is 1. The summed E-state index contributed by atoms with van der Waals surface area (Å²) in [5.74, 6) is 0.695. The van der Waals surface area contributed by atoms with E-state index in [1.165, 1.54) is 0 Å². The van der Waals surface area contributed by atoms with Crippen LogP contribution in [0, 0.1) is 5.41 Å². The number of ether oxygens (including phenoxy) is 1. The number of rotatable bonds is 4. The molecule has 0 atom stereocenters. The van der Waals surface area contributed by atoms with E-state index in [4.69, 9.17) is 10.5 Å². The van der Waals surface area contributed by atoms with Gasteiger partial charge >= 0.3 is 0 Å². The number of hydrogen-bond donors (Lipinski definition) is 1. The zero-order valence-corrected chi connectivity index (χ0v) is 11.0. The number of nitrogens with zero attached hydrogens (tertiary/aromatic N) is 2. The first-order valence-electron chi connectivity index (χ1n) is 5.79. The van der Waals surface area contributed by atoms with Crippen LogP contribution in [-0.2, 0) is 13.5 Å².